The molecule has 132 valence electrons. The first-order chi connectivity index (χ1) is 12.6. The monoisotopic (exact) mass is 342 g/mol. The Labute approximate surface area is 156 Å². The first-order valence-electron chi connectivity index (χ1n) is 9.25. The quantitative estimate of drug-likeness (QED) is 0.519. The highest BCUT2D eigenvalue weighted by Crippen LogP contribution is 2.33. The summed E-state index contributed by atoms with van der Waals surface area (Å²) in [6.07, 6.45) is 6.88. The van der Waals surface area contributed by atoms with Crippen molar-refractivity contribution in [2.75, 3.05) is 0 Å². The van der Waals surface area contributed by atoms with Gasteiger partial charge in [0, 0.05) is 17.3 Å². The fourth-order valence-electron chi connectivity index (χ4n) is 3.51. The van der Waals surface area contributed by atoms with Crippen LogP contribution in [0.2, 0.25) is 0 Å². The minimum absolute atomic E-state index is 0.00473. The highest BCUT2D eigenvalue weighted by atomic mass is 14.8. The van der Waals surface area contributed by atoms with Gasteiger partial charge in [0.05, 0.1) is 11.4 Å². The molecule has 0 amide bonds. The average molecular weight is 342 g/mol. The lowest BCUT2D eigenvalue weighted by Crippen LogP contribution is -2.26. The zero-order valence-electron chi connectivity index (χ0n) is 15.7. The highest BCUT2D eigenvalue weighted by Gasteiger charge is 2.28. The minimum atomic E-state index is -0.00473. The summed E-state index contributed by atoms with van der Waals surface area (Å²) in [5.74, 6) is 0. The third kappa shape index (κ3) is 4.08. The van der Waals surface area contributed by atoms with Crippen molar-refractivity contribution in [1.82, 2.24) is 9.97 Å². The van der Waals surface area contributed by atoms with Gasteiger partial charge in [-0.25, -0.2) is 0 Å². The van der Waals surface area contributed by atoms with Crippen molar-refractivity contribution in [3.8, 4) is 11.4 Å². The maximum Gasteiger partial charge on any atom is 0.0889 e. The van der Waals surface area contributed by atoms with E-state index < -0.39 is 0 Å². The zero-order chi connectivity index (χ0) is 18.4. The number of pyridine rings is 2. The second kappa shape index (κ2) is 8.09. The number of aromatic nitrogens is 2. The lowest BCUT2D eigenvalue weighted by Gasteiger charge is -2.29. The van der Waals surface area contributed by atoms with E-state index in [-0.39, 0.29) is 5.41 Å². The van der Waals surface area contributed by atoms with Gasteiger partial charge in [-0.05, 0) is 48.2 Å². The predicted octanol–water partition coefficient (Wildman–Crippen LogP) is 6.09. The standard InChI is InChI=1S/C24H26N2/c1-4-16-24(3,18-20-14-12-19(5-2)13-15-20)23-11-8-10-22(26-23)21-9-6-7-17-25-21/h5-15,17H,2,4,16,18H2,1,3H3. The molecule has 0 saturated carbocycles. The third-order valence-corrected chi connectivity index (χ3v) is 4.91. The molecule has 26 heavy (non-hydrogen) atoms. The number of benzene rings is 1. The minimum Gasteiger partial charge on any atom is -0.255 e. The Morgan fingerprint density at radius 1 is 0.962 bits per heavy atom. The molecule has 0 aliphatic carbocycles. The Morgan fingerprint density at radius 3 is 2.38 bits per heavy atom. The summed E-state index contributed by atoms with van der Waals surface area (Å²) in [4.78, 5) is 9.43. The number of rotatable bonds is 7. The third-order valence-electron chi connectivity index (χ3n) is 4.91. The van der Waals surface area contributed by atoms with Crippen molar-refractivity contribution in [2.45, 2.75) is 38.5 Å². The van der Waals surface area contributed by atoms with Crippen LogP contribution in [0.4, 0.5) is 0 Å². The van der Waals surface area contributed by atoms with Crippen molar-refractivity contribution < 1.29 is 0 Å². The van der Waals surface area contributed by atoms with Crippen molar-refractivity contribution in [3.05, 3.63) is 90.3 Å². The molecule has 0 aliphatic heterocycles. The molecule has 2 heterocycles. The normalized spacial score (nSPS) is 13.2. The van der Waals surface area contributed by atoms with E-state index in [2.05, 4.69) is 61.8 Å². The van der Waals surface area contributed by atoms with E-state index in [1.165, 1.54) is 5.56 Å². The Hall–Kier alpha value is -2.74. The second-order valence-electron chi connectivity index (χ2n) is 7.06. The van der Waals surface area contributed by atoms with Crippen molar-refractivity contribution in [1.29, 1.82) is 0 Å². The number of hydrogen-bond acceptors (Lipinski definition) is 2. The van der Waals surface area contributed by atoms with Crippen LogP contribution in [0.5, 0.6) is 0 Å². The van der Waals surface area contributed by atoms with Gasteiger partial charge >= 0.3 is 0 Å². The number of nitrogens with zero attached hydrogens (tertiary/aromatic N) is 2. The maximum absolute atomic E-state index is 4.98. The average Bonchev–Trinajstić information content (AvgIpc) is 2.69. The molecule has 0 radical (unpaired) electrons. The van der Waals surface area contributed by atoms with Gasteiger partial charge in [-0.15, -0.1) is 0 Å². The zero-order valence-corrected chi connectivity index (χ0v) is 15.7. The molecule has 2 nitrogen and oxygen atoms in total. The molecule has 1 atom stereocenters. The molecule has 0 spiro atoms. The SMILES string of the molecule is C=Cc1ccc(CC(C)(CCC)c2cccc(-c3ccccn3)n2)cc1. The van der Waals surface area contributed by atoms with Crippen LogP contribution in [0.15, 0.2) is 73.4 Å². The Balaban J connectivity index is 1.94. The molecule has 1 unspecified atom stereocenters. The van der Waals surface area contributed by atoms with Crippen LogP contribution in [0.1, 0.15) is 43.5 Å². The molecule has 3 aromatic rings. The Bertz CT molecular complexity index is 853. The van der Waals surface area contributed by atoms with E-state index >= 15 is 0 Å². The molecule has 3 rings (SSSR count). The van der Waals surface area contributed by atoms with Gasteiger partial charge in [0.15, 0.2) is 0 Å². The summed E-state index contributed by atoms with van der Waals surface area (Å²) in [5, 5.41) is 0. The largest absolute Gasteiger partial charge is 0.255 e. The molecule has 0 N–H and O–H groups in total. The van der Waals surface area contributed by atoms with Gasteiger partial charge in [0.1, 0.15) is 0 Å². The van der Waals surface area contributed by atoms with Crippen LogP contribution < -0.4 is 0 Å². The fraction of sp³-hybridized carbons (Fsp3) is 0.250. The molecule has 0 fully saturated rings. The van der Waals surface area contributed by atoms with Crippen molar-refractivity contribution in [3.63, 3.8) is 0 Å². The van der Waals surface area contributed by atoms with Crippen LogP contribution in [0.25, 0.3) is 17.5 Å². The van der Waals surface area contributed by atoms with E-state index in [0.717, 1.165) is 41.9 Å². The van der Waals surface area contributed by atoms with E-state index in [1.54, 1.807) is 0 Å². The summed E-state index contributed by atoms with van der Waals surface area (Å²) in [7, 11) is 0. The molecule has 2 aromatic heterocycles. The first kappa shape index (κ1) is 18.1. The molecular formula is C24H26N2. The van der Waals surface area contributed by atoms with Gasteiger partial charge in [-0.3, -0.25) is 9.97 Å². The highest BCUT2D eigenvalue weighted by molar-refractivity contribution is 5.54. The lowest BCUT2D eigenvalue weighted by molar-refractivity contribution is 0.414. The maximum atomic E-state index is 4.98. The Morgan fingerprint density at radius 2 is 1.73 bits per heavy atom. The van der Waals surface area contributed by atoms with Crippen LogP contribution in [0, 0.1) is 0 Å². The topological polar surface area (TPSA) is 25.8 Å². The van der Waals surface area contributed by atoms with Crippen LogP contribution >= 0.6 is 0 Å². The van der Waals surface area contributed by atoms with Crippen molar-refractivity contribution >= 4 is 6.08 Å². The molecule has 2 heteroatoms. The first-order valence-corrected chi connectivity index (χ1v) is 9.25. The number of hydrogen-bond donors (Lipinski definition) is 0. The predicted molar refractivity (Wildman–Crippen MR) is 110 cm³/mol. The summed E-state index contributed by atoms with van der Waals surface area (Å²) < 4.78 is 0. The molecule has 0 aliphatic rings. The Kier molecular flexibility index (Phi) is 5.62. The van der Waals surface area contributed by atoms with Gasteiger partial charge in [0.25, 0.3) is 0 Å². The molecule has 0 saturated heterocycles. The van der Waals surface area contributed by atoms with Crippen LogP contribution in [0.3, 0.4) is 0 Å². The van der Waals surface area contributed by atoms with E-state index in [4.69, 9.17) is 4.98 Å². The van der Waals surface area contributed by atoms with Crippen molar-refractivity contribution in [2.24, 2.45) is 0 Å². The van der Waals surface area contributed by atoms with Gasteiger partial charge < -0.3 is 0 Å². The van der Waals surface area contributed by atoms with E-state index in [1.807, 2.05) is 36.5 Å². The van der Waals surface area contributed by atoms with E-state index in [9.17, 15) is 0 Å². The summed E-state index contributed by atoms with van der Waals surface area (Å²) in [5.41, 5.74) is 5.47. The van der Waals surface area contributed by atoms with Crippen LogP contribution in [-0.2, 0) is 11.8 Å². The van der Waals surface area contributed by atoms with Gasteiger partial charge in [-0.1, -0.05) is 69.3 Å². The van der Waals surface area contributed by atoms with Gasteiger partial charge in [-0.2, -0.15) is 0 Å². The lowest BCUT2D eigenvalue weighted by atomic mass is 9.76. The van der Waals surface area contributed by atoms with Crippen LogP contribution in [-0.4, -0.2) is 9.97 Å². The summed E-state index contributed by atoms with van der Waals surface area (Å²) in [6, 6.07) is 20.9. The molecule has 1 aromatic carbocycles. The van der Waals surface area contributed by atoms with Gasteiger partial charge in [0.2, 0.25) is 0 Å². The fourth-order valence-corrected chi connectivity index (χ4v) is 3.51. The summed E-state index contributed by atoms with van der Waals surface area (Å²) in [6.45, 7) is 8.39. The second-order valence-corrected chi connectivity index (χ2v) is 7.06. The molecule has 0 bridgehead atoms. The summed E-state index contributed by atoms with van der Waals surface area (Å²) >= 11 is 0. The smallest absolute Gasteiger partial charge is 0.0889 e. The molecular weight excluding hydrogens is 316 g/mol. The van der Waals surface area contributed by atoms with E-state index in [0.29, 0.717) is 0 Å².